The molecule has 1 amide bonds. The van der Waals surface area contributed by atoms with Crippen molar-refractivity contribution in [1.29, 1.82) is 0 Å². The minimum Gasteiger partial charge on any atom is -0.376 e. The van der Waals surface area contributed by atoms with E-state index in [9.17, 15) is 4.79 Å². The van der Waals surface area contributed by atoms with Gasteiger partial charge in [0.25, 0.3) is 5.91 Å². The first-order chi connectivity index (χ1) is 9.20. The Morgan fingerprint density at radius 2 is 2.37 bits per heavy atom. The second-order valence-corrected chi connectivity index (χ2v) is 5.59. The normalized spacial score (nSPS) is 19.2. The summed E-state index contributed by atoms with van der Waals surface area (Å²) in [6.07, 6.45) is 3.48. The van der Waals surface area contributed by atoms with Gasteiger partial charge in [-0.1, -0.05) is 11.3 Å². The van der Waals surface area contributed by atoms with E-state index >= 15 is 0 Å². The van der Waals surface area contributed by atoms with E-state index in [-0.39, 0.29) is 12.0 Å². The van der Waals surface area contributed by atoms with Crippen LogP contribution in [0.2, 0.25) is 0 Å². The number of hydrogen-bond acceptors (Lipinski definition) is 6. The molecule has 7 heteroatoms. The summed E-state index contributed by atoms with van der Waals surface area (Å²) < 4.78 is 5.64. The number of likely N-dealkylation sites (N-methyl/N-ethyl adjacent to an activating group) is 1. The van der Waals surface area contributed by atoms with Gasteiger partial charge in [-0.15, -0.1) is 10.2 Å². The SMILES string of the molecule is CCNc1nnc(C(=O)N(C)CC2CCCCO2)s1. The van der Waals surface area contributed by atoms with E-state index in [1.807, 2.05) is 6.92 Å². The van der Waals surface area contributed by atoms with Crippen LogP contribution in [0.4, 0.5) is 5.13 Å². The van der Waals surface area contributed by atoms with Crippen molar-refractivity contribution >= 4 is 22.4 Å². The Morgan fingerprint density at radius 1 is 1.53 bits per heavy atom. The molecule has 2 rings (SSSR count). The first-order valence-corrected chi connectivity index (χ1v) is 7.46. The molecule has 0 radical (unpaired) electrons. The number of carbonyl (C=O) groups is 1. The van der Waals surface area contributed by atoms with Crippen LogP contribution in [0.5, 0.6) is 0 Å². The van der Waals surface area contributed by atoms with Gasteiger partial charge in [0.05, 0.1) is 6.10 Å². The van der Waals surface area contributed by atoms with Crippen molar-refractivity contribution in [1.82, 2.24) is 15.1 Å². The third kappa shape index (κ3) is 3.87. The standard InChI is InChI=1S/C12H20N4O2S/c1-3-13-12-15-14-10(19-12)11(17)16(2)8-9-6-4-5-7-18-9/h9H,3-8H2,1-2H3,(H,13,15). The third-order valence-electron chi connectivity index (χ3n) is 3.03. The van der Waals surface area contributed by atoms with Gasteiger partial charge in [-0.25, -0.2) is 0 Å². The van der Waals surface area contributed by atoms with E-state index in [4.69, 9.17) is 4.74 Å². The number of hydrogen-bond donors (Lipinski definition) is 1. The molecule has 1 aliphatic heterocycles. The molecule has 1 aromatic rings. The number of amides is 1. The average molecular weight is 284 g/mol. The Labute approximate surface area is 117 Å². The molecule has 1 atom stereocenters. The van der Waals surface area contributed by atoms with Crippen LogP contribution in [-0.2, 0) is 4.74 Å². The lowest BCUT2D eigenvalue weighted by Gasteiger charge is -2.26. The minimum atomic E-state index is -0.0872. The second kappa shape index (κ2) is 6.81. The molecule has 6 nitrogen and oxygen atoms in total. The lowest BCUT2D eigenvalue weighted by atomic mass is 10.1. The van der Waals surface area contributed by atoms with Crippen molar-refractivity contribution in [2.45, 2.75) is 32.3 Å². The van der Waals surface area contributed by atoms with Crippen molar-refractivity contribution < 1.29 is 9.53 Å². The molecular weight excluding hydrogens is 264 g/mol. The van der Waals surface area contributed by atoms with Crippen molar-refractivity contribution in [3.63, 3.8) is 0 Å². The van der Waals surface area contributed by atoms with Gasteiger partial charge in [0.15, 0.2) is 0 Å². The Balaban J connectivity index is 1.89. The Bertz CT molecular complexity index is 418. The van der Waals surface area contributed by atoms with Gasteiger partial charge in [-0.05, 0) is 26.2 Å². The van der Waals surface area contributed by atoms with Gasteiger partial charge < -0.3 is 15.0 Å². The Hall–Kier alpha value is -1.21. The summed E-state index contributed by atoms with van der Waals surface area (Å²) in [5.41, 5.74) is 0. The molecule has 106 valence electrons. The van der Waals surface area contributed by atoms with Gasteiger partial charge in [-0.3, -0.25) is 4.79 Å². The number of carbonyl (C=O) groups excluding carboxylic acids is 1. The molecule has 0 aromatic carbocycles. The zero-order valence-corrected chi connectivity index (χ0v) is 12.2. The summed E-state index contributed by atoms with van der Waals surface area (Å²) >= 11 is 1.29. The first kappa shape index (κ1) is 14.2. The summed E-state index contributed by atoms with van der Waals surface area (Å²) in [4.78, 5) is 13.9. The number of rotatable bonds is 5. The average Bonchev–Trinajstić information content (AvgIpc) is 2.88. The molecule has 1 saturated heterocycles. The summed E-state index contributed by atoms with van der Waals surface area (Å²) in [5, 5.41) is 12.0. The summed E-state index contributed by atoms with van der Waals surface area (Å²) in [7, 11) is 1.79. The molecule has 0 bridgehead atoms. The maximum absolute atomic E-state index is 12.2. The molecule has 1 N–H and O–H groups in total. The highest BCUT2D eigenvalue weighted by molar-refractivity contribution is 7.17. The number of ether oxygens (including phenoxy) is 1. The number of aromatic nitrogens is 2. The number of nitrogens with one attached hydrogen (secondary N) is 1. The third-order valence-corrected chi connectivity index (χ3v) is 3.90. The highest BCUT2D eigenvalue weighted by Gasteiger charge is 2.22. The van der Waals surface area contributed by atoms with Crippen molar-refractivity contribution in [3.05, 3.63) is 5.01 Å². The predicted molar refractivity (Wildman–Crippen MR) is 74.6 cm³/mol. The van der Waals surface area contributed by atoms with E-state index in [1.54, 1.807) is 11.9 Å². The highest BCUT2D eigenvalue weighted by atomic mass is 32.1. The van der Waals surface area contributed by atoms with Gasteiger partial charge >= 0.3 is 0 Å². The fourth-order valence-corrected chi connectivity index (χ4v) is 2.84. The molecular formula is C12H20N4O2S. The first-order valence-electron chi connectivity index (χ1n) is 6.65. The number of nitrogens with zero attached hydrogens (tertiary/aromatic N) is 3. The monoisotopic (exact) mass is 284 g/mol. The van der Waals surface area contributed by atoms with Crippen LogP contribution in [-0.4, -0.2) is 53.9 Å². The van der Waals surface area contributed by atoms with E-state index in [0.29, 0.717) is 16.7 Å². The maximum atomic E-state index is 12.2. The Kier molecular flexibility index (Phi) is 5.09. The topological polar surface area (TPSA) is 67.4 Å². The van der Waals surface area contributed by atoms with Gasteiger partial charge in [0, 0.05) is 26.7 Å². The molecule has 0 aliphatic carbocycles. The van der Waals surface area contributed by atoms with Crippen LogP contribution in [0.25, 0.3) is 0 Å². The summed E-state index contributed by atoms with van der Waals surface area (Å²) in [6.45, 7) is 4.18. The minimum absolute atomic E-state index is 0.0872. The van der Waals surface area contributed by atoms with E-state index in [2.05, 4.69) is 15.5 Å². The maximum Gasteiger partial charge on any atom is 0.284 e. The van der Waals surface area contributed by atoms with Gasteiger partial charge in [0.2, 0.25) is 10.1 Å². The predicted octanol–water partition coefficient (Wildman–Crippen LogP) is 1.61. The van der Waals surface area contributed by atoms with Crippen LogP contribution < -0.4 is 5.32 Å². The molecule has 1 fully saturated rings. The molecule has 2 heterocycles. The van der Waals surface area contributed by atoms with Crippen molar-refractivity contribution in [2.75, 3.05) is 32.1 Å². The molecule has 0 spiro atoms. The molecule has 1 aliphatic rings. The van der Waals surface area contributed by atoms with Crippen LogP contribution in [0.3, 0.4) is 0 Å². The fraction of sp³-hybridized carbons (Fsp3) is 0.750. The largest absolute Gasteiger partial charge is 0.376 e. The van der Waals surface area contributed by atoms with Crippen molar-refractivity contribution in [2.24, 2.45) is 0 Å². The van der Waals surface area contributed by atoms with Crippen LogP contribution in [0, 0.1) is 0 Å². The summed E-state index contributed by atoms with van der Waals surface area (Å²) in [6, 6.07) is 0. The Morgan fingerprint density at radius 3 is 3.05 bits per heavy atom. The van der Waals surface area contributed by atoms with Crippen molar-refractivity contribution in [3.8, 4) is 0 Å². The lowest BCUT2D eigenvalue weighted by molar-refractivity contribution is -0.000206. The zero-order valence-electron chi connectivity index (χ0n) is 11.4. The molecule has 19 heavy (non-hydrogen) atoms. The second-order valence-electron chi connectivity index (χ2n) is 4.62. The van der Waals surface area contributed by atoms with E-state index in [1.165, 1.54) is 17.8 Å². The molecule has 1 aromatic heterocycles. The van der Waals surface area contributed by atoms with Crippen LogP contribution in [0.15, 0.2) is 0 Å². The fourth-order valence-electron chi connectivity index (χ4n) is 2.04. The van der Waals surface area contributed by atoms with E-state index < -0.39 is 0 Å². The highest BCUT2D eigenvalue weighted by Crippen LogP contribution is 2.18. The number of anilines is 1. The van der Waals surface area contributed by atoms with Gasteiger partial charge in [-0.2, -0.15) is 0 Å². The van der Waals surface area contributed by atoms with E-state index in [0.717, 1.165) is 26.0 Å². The lowest BCUT2D eigenvalue weighted by Crippen LogP contribution is -2.37. The quantitative estimate of drug-likeness (QED) is 0.889. The molecule has 0 saturated carbocycles. The zero-order chi connectivity index (χ0) is 13.7. The smallest absolute Gasteiger partial charge is 0.284 e. The van der Waals surface area contributed by atoms with Crippen LogP contribution >= 0.6 is 11.3 Å². The molecule has 1 unspecified atom stereocenters. The van der Waals surface area contributed by atoms with Crippen LogP contribution in [0.1, 0.15) is 36.0 Å². The van der Waals surface area contributed by atoms with Gasteiger partial charge in [0.1, 0.15) is 0 Å². The summed E-state index contributed by atoms with van der Waals surface area (Å²) in [5.74, 6) is -0.0872.